The van der Waals surface area contributed by atoms with E-state index in [-0.39, 0.29) is 13.2 Å². The quantitative estimate of drug-likeness (QED) is 0.107. The number of carboxylic acid groups (broad SMARTS) is 5. The van der Waals surface area contributed by atoms with Gasteiger partial charge in [0.2, 0.25) is 0 Å². The van der Waals surface area contributed by atoms with Gasteiger partial charge in [-0.05, 0) is 0 Å². The van der Waals surface area contributed by atoms with Crippen molar-refractivity contribution in [3.8, 4) is 0 Å². The van der Waals surface area contributed by atoms with E-state index in [0.29, 0.717) is 13.1 Å². The standard InChI is InChI=1S/C5H8O3.C4H13N3.5C2H4O2/c1-2-5(7)8-4-3-6;5-1-3-7-4-2-6;5*1-2(3)4/h2,6H,1,3-4H2;7H,1-6H2;5*1H3,(H,3,4). The maximum absolute atomic E-state index is 10.1. The first-order chi connectivity index (χ1) is 15.9. The highest BCUT2D eigenvalue weighted by Gasteiger charge is 1.90. The van der Waals surface area contributed by atoms with Gasteiger partial charge in [-0.2, -0.15) is 0 Å². The Labute approximate surface area is 204 Å². The van der Waals surface area contributed by atoms with Gasteiger partial charge in [0.05, 0.1) is 6.61 Å². The Morgan fingerprint density at radius 2 is 0.943 bits per heavy atom. The third-order valence-electron chi connectivity index (χ3n) is 1.14. The molecule has 0 spiro atoms. The Hall–Kier alpha value is -3.60. The zero-order valence-corrected chi connectivity index (χ0v) is 20.7. The van der Waals surface area contributed by atoms with E-state index in [0.717, 1.165) is 53.8 Å². The van der Waals surface area contributed by atoms with Gasteiger partial charge in [-0.15, -0.1) is 0 Å². The molecule has 0 atom stereocenters. The molecule has 0 fully saturated rings. The van der Waals surface area contributed by atoms with E-state index in [1.807, 2.05) is 0 Å². The van der Waals surface area contributed by atoms with Crippen LogP contribution in [-0.4, -0.2) is 106 Å². The number of carbonyl (C=O) groups excluding carboxylic acids is 1. The third kappa shape index (κ3) is 599. The first-order valence-electron chi connectivity index (χ1n) is 9.37. The van der Waals surface area contributed by atoms with Gasteiger partial charge in [-0.3, -0.25) is 24.0 Å². The van der Waals surface area contributed by atoms with Gasteiger partial charge in [-0.25, -0.2) is 4.79 Å². The minimum Gasteiger partial charge on any atom is -0.481 e. The molecule has 210 valence electrons. The number of nitrogens with one attached hydrogen (secondary N) is 1. The Morgan fingerprint density at radius 3 is 1.09 bits per heavy atom. The third-order valence-corrected chi connectivity index (χ3v) is 1.14. The van der Waals surface area contributed by atoms with Crippen LogP contribution < -0.4 is 16.8 Å². The zero-order chi connectivity index (χ0) is 29.8. The lowest BCUT2D eigenvalue weighted by molar-refractivity contribution is -0.139. The first kappa shape index (κ1) is 48.7. The van der Waals surface area contributed by atoms with Crippen molar-refractivity contribution in [3.63, 3.8) is 0 Å². The van der Waals surface area contributed by atoms with Crippen LogP contribution in [-0.2, 0) is 33.5 Å². The molecule has 0 radical (unpaired) electrons. The molecule has 0 aliphatic heterocycles. The van der Waals surface area contributed by atoms with E-state index in [2.05, 4.69) is 16.6 Å². The number of aliphatic hydroxyl groups excluding tert-OH is 1. The molecular weight excluding hydrogens is 478 g/mol. The van der Waals surface area contributed by atoms with E-state index in [1.165, 1.54) is 0 Å². The van der Waals surface area contributed by atoms with E-state index in [9.17, 15) is 4.79 Å². The molecule has 0 aromatic rings. The van der Waals surface area contributed by atoms with Crippen LogP contribution in [0, 0.1) is 0 Å². The second kappa shape index (κ2) is 48.0. The van der Waals surface area contributed by atoms with Gasteiger partial charge in [-0.1, -0.05) is 6.58 Å². The topological polar surface area (TPSA) is 297 Å². The summed E-state index contributed by atoms with van der Waals surface area (Å²) < 4.78 is 4.33. The molecule has 0 saturated carbocycles. The molecule has 0 aromatic heterocycles. The number of hydrogen-bond donors (Lipinski definition) is 9. The lowest BCUT2D eigenvalue weighted by atomic mass is 10.6. The number of esters is 1. The number of hydrogen-bond acceptors (Lipinski definition) is 11. The van der Waals surface area contributed by atoms with Crippen LogP contribution in [0.3, 0.4) is 0 Å². The molecule has 16 nitrogen and oxygen atoms in total. The molecule has 16 heteroatoms. The largest absolute Gasteiger partial charge is 0.481 e. The number of aliphatic hydroxyl groups is 1. The van der Waals surface area contributed by atoms with Crippen molar-refractivity contribution in [1.82, 2.24) is 5.32 Å². The van der Waals surface area contributed by atoms with Crippen LogP contribution in [0.4, 0.5) is 0 Å². The summed E-state index contributed by atoms with van der Waals surface area (Å²) in [7, 11) is 0. The van der Waals surface area contributed by atoms with Gasteiger partial charge >= 0.3 is 5.97 Å². The minimum absolute atomic E-state index is 0.0465. The lowest BCUT2D eigenvalue weighted by Crippen LogP contribution is -2.27. The molecule has 0 rings (SSSR count). The second-order valence-corrected chi connectivity index (χ2v) is 5.02. The molecule has 0 aliphatic carbocycles. The van der Waals surface area contributed by atoms with Crippen LogP contribution in [0.15, 0.2) is 12.7 Å². The Kier molecular flexibility index (Phi) is 66.8. The maximum Gasteiger partial charge on any atom is 0.330 e. The number of carboxylic acids is 5. The normalized spacial score (nSPS) is 7.31. The van der Waals surface area contributed by atoms with Gasteiger partial charge in [0.1, 0.15) is 6.61 Å². The molecule has 11 N–H and O–H groups in total. The van der Waals surface area contributed by atoms with Gasteiger partial charge in [0.15, 0.2) is 0 Å². The summed E-state index contributed by atoms with van der Waals surface area (Å²) in [6.45, 7) is 11.6. The van der Waals surface area contributed by atoms with Crippen LogP contribution in [0.25, 0.3) is 0 Å². The predicted molar refractivity (Wildman–Crippen MR) is 126 cm³/mol. The van der Waals surface area contributed by atoms with Crippen molar-refractivity contribution in [1.29, 1.82) is 0 Å². The van der Waals surface area contributed by atoms with Crippen molar-refractivity contribution in [2.45, 2.75) is 34.6 Å². The minimum atomic E-state index is -0.833. The second-order valence-electron chi connectivity index (χ2n) is 5.02. The molecule has 0 aromatic carbocycles. The van der Waals surface area contributed by atoms with Crippen molar-refractivity contribution in [2.24, 2.45) is 11.5 Å². The van der Waals surface area contributed by atoms with E-state index in [4.69, 9.17) is 66.1 Å². The van der Waals surface area contributed by atoms with Gasteiger partial charge in [0.25, 0.3) is 29.8 Å². The number of rotatable bonds is 7. The number of nitrogens with two attached hydrogens (primary N) is 2. The monoisotopic (exact) mass is 519 g/mol. The van der Waals surface area contributed by atoms with Crippen LogP contribution in [0.2, 0.25) is 0 Å². The van der Waals surface area contributed by atoms with Crippen molar-refractivity contribution < 1.29 is 64.1 Å². The summed E-state index contributed by atoms with van der Waals surface area (Å²) in [5.74, 6) is -4.67. The molecule has 0 heterocycles. The highest BCUT2D eigenvalue weighted by atomic mass is 16.5. The molecule has 0 bridgehead atoms. The molecule has 0 aliphatic rings. The van der Waals surface area contributed by atoms with Crippen molar-refractivity contribution in [2.75, 3.05) is 39.4 Å². The lowest BCUT2D eigenvalue weighted by Gasteiger charge is -1.95. The Morgan fingerprint density at radius 1 is 0.714 bits per heavy atom. The van der Waals surface area contributed by atoms with Crippen molar-refractivity contribution in [3.05, 3.63) is 12.7 Å². The number of aliphatic carboxylic acids is 5. The SMILES string of the molecule is C=CC(=O)OCCO.CC(=O)O.CC(=O)O.CC(=O)O.CC(=O)O.CC(=O)O.NCCNCCN. The van der Waals surface area contributed by atoms with Gasteiger partial charge in [0, 0.05) is 66.9 Å². The summed E-state index contributed by atoms with van der Waals surface area (Å²) in [4.78, 5) is 55.1. The van der Waals surface area contributed by atoms with Crippen molar-refractivity contribution >= 4 is 35.8 Å². The summed E-state index contributed by atoms with van der Waals surface area (Å²) in [6.07, 6.45) is 1.05. The van der Waals surface area contributed by atoms with E-state index < -0.39 is 35.8 Å². The van der Waals surface area contributed by atoms with Crippen LogP contribution in [0.5, 0.6) is 0 Å². The Bertz CT molecular complexity index is 448. The molecule has 0 amide bonds. The average molecular weight is 520 g/mol. The number of ether oxygens (including phenoxy) is 1. The number of carbonyl (C=O) groups is 6. The average Bonchev–Trinajstić information content (AvgIpc) is 2.65. The van der Waals surface area contributed by atoms with E-state index in [1.54, 1.807) is 0 Å². The molecule has 0 unspecified atom stereocenters. The van der Waals surface area contributed by atoms with E-state index >= 15 is 0 Å². The fraction of sp³-hybridized carbons (Fsp3) is 0.579. The highest BCUT2D eigenvalue weighted by molar-refractivity contribution is 5.81. The van der Waals surface area contributed by atoms with Gasteiger partial charge < -0.3 is 52.2 Å². The predicted octanol–water partition coefficient (Wildman–Crippen LogP) is -1.34. The van der Waals surface area contributed by atoms with Crippen LogP contribution >= 0.6 is 0 Å². The molecular formula is C19H41N3O13. The fourth-order valence-corrected chi connectivity index (χ4v) is 0.534. The molecule has 0 saturated heterocycles. The summed E-state index contributed by atoms with van der Waals surface area (Å²) >= 11 is 0. The summed E-state index contributed by atoms with van der Waals surface area (Å²) in [5.41, 5.74) is 10.3. The Balaban J connectivity index is -0.0000000536. The van der Waals surface area contributed by atoms with Crippen LogP contribution in [0.1, 0.15) is 34.6 Å². The fourth-order valence-electron chi connectivity index (χ4n) is 0.534. The highest BCUT2D eigenvalue weighted by Crippen LogP contribution is 1.75. The zero-order valence-electron chi connectivity index (χ0n) is 20.7. The molecule has 35 heavy (non-hydrogen) atoms. The summed E-state index contributed by atoms with van der Waals surface area (Å²) in [5, 5.41) is 48.2. The maximum atomic E-state index is 10.1. The first-order valence-corrected chi connectivity index (χ1v) is 9.37. The smallest absolute Gasteiger partial charge is 0.330 e. The summed E-state index contributed by atoms with van der Waals surface area (Å²) in [6, 6.07) is 0.